The van der Waals surface area contributed by atoms with Crippen LogP contribution in [0.15, 0.2) is 48.5 Å². The Hall–Kier alpha value is -2.84. The van der Waals surface area contributed by atoms with E-state index in [9.17, 15) is 4.79 Å². The van der Waals surface area contributed by atoms with Crippen LogP contribution in [0.2, 0.25) is 0 Å². The summed E-state index contributed by atoms with van der Waals surface area (Å²) >= 11 is 0. The molecule has 2 aromatic carbocycles. The van der Waals surface area contributed by atoms with E-state index in [-0.39, 0.29) is 5.91 Å². The van der Waals surface area contributed by atoms with Gasteiger partial charge in [0, 0.05) is 32.4 Å². The standard InChI is InChI=1S/C21H23N3O2/c1-26-20(18-8-10-19(11-9-18)24-12-2-3-13-24)21(25)23-15-17-6-4-16(14-22)5-7-17/h4-11,20H,2-3,12-13,15H2,1H3,(H,23,25)/t20-/m0/s1. The number of amides is 1. The number of methoxy groups -OCH3 is 1. The number of carbonyl (C=O) groups is 1. The average Bonchev–Trinajstić information content (AvgIpc) is 3.23. The van der Waals surface area contributed by atoms with Gasteiger partial charge in [-0.05, 0) is 48.2 Å². The zero-order valence-corrected chi connectivity index (χ0v) is 14.9. The largest absolute Gasteiger partial charge is 0.372 e. The number of carbonyl (C=O) groups excluding carboxylic acids is 1. The molecule has 0 aromatic heterocycles. The fourth-order valence-electron chi connectivity index (χ4n) is 3.21. The van der Waals surface area contributed by atoms with Gasteiger partial charge in [-0.3, -0.25) is 4.79 Å². The molecule has 0 radical (unpaired) electrons. The SMILES string of the molecule is CO[C@H](C(=O)NCc1ccc(C#N)cc1)c1ccc(N2CCCC2)cc1. The molecule has 1 aliphatic heterocycles. The van der Waals surface area contributed by atoms with E-state index in [0.717, 1.165) is 24.2 Å². The third kappa shape index (κ3) is 4.22. The second-order valence-electron chi connectivity index (χ2n) is 6.43. The Morgan fingerprint density at radius 1 is 1.15 bits per heavy atom. The van der Waals surface area contributed by atoms with E-state index in [1.807, 2.05) is 24.3 Å². The molecule has 3 rings (SSSR count). The monoisotopic (exact) mass is 349 g/mol. The molecule has 1 atom stereocenters. The molecule has 5 heteroatoms. The van der Waals surface area contributed by atoms with E-state index in [1.165, 1.54) is 18.5 Å². The molecule has 1 fully saturated rings. The van der Waals surface area contributed by atoms with E-state index in [1.54, 1.807) is 19.2 Å². The van der Waals surface area contributed by atoms with Crippen LogP contribution in [0.5, 0.6) is 0 Å². The number of nitriles is 1. The van der Waals surface area contributed by atoms with Gasteiger partial charge in [-0.1, -0.05) is 24.3 Å². The van der Waals surface area contributed by atoms with Crippen molar-refractivity contribution in [3.8, 4) is 6.07 Å². The lowest BCUT2D eigenvalue weighted by atomic mass is 10.1. The topological polar surface area (TPSA) is 65.4 Å². The molecule has 2 aromatic rings. The van der Waals surface area contributed by atoms with Crippen LogP contribution in [0.3, 0.4) is 0 Å². The first-order valence-corrected chi connectivity index (χ1v) is 8.85. The number of hydrogen-bond acceptors (Lipinski definition) is 4. The van der Waals surface area contributed by atoms with Gasteiger partial charge in [0.05, 0.1) is 11.6 Å². The summed E-state index contributed by atoms with van der Waals surface area (Å²) < 4.78 is 5.42. The van der Waals surface area contributed by atoms with Crippen LogP contribution < -0.4 is 10.2 Å². The zero-order chi connectivity index (χ0) is 18.4. The van der Waals surface area contributed by atoms with Gasteiger partial charge in [-0.25, -0.2) is 0 Å². The number of nitrogens with one attached hydrogen (secondary N) is 1. The second kappa shape index (κ2) is 8.50. The minimum Gasteiger partial charge on any atom is -0.372 e. The van der Waals surface area contributed by atoms with Crippen LogP contribution in [0.25, 0.3) is 0 Å². The average molecular weight is 349 g/mol. The first-order chi connectivity index (χ1) is 12.7. The lowest BCUT2D eigenvalue weighted by Gasteiger charge is -2.20. The normalized spacial score (nSPS) is 14.7. The van der Waals surface area contributed by atoms with Crippen molar-refractivity contribution in [3.63, 3.8) is 0 Å². The molecule has 1 heterocycles. The number of ether oxygens (including phenoxy) is 1. The summed E-state index contributed by atoms with van der Waals surface area (Å²) in [5.74, 6) is -0.175. The Morgan fingerprint density at radius 2 is 1.81 bits per heavy atom. The van der Waals surface area contributed by atoms with Crippen molar-refractivity contribution in [2.45, 2.75) is 25.5 Å². The van der Waals surface area contributed by atoms with Crippen LogP contribution in [0.1, 0.15) is 35.6 Å². The van der Waals surface area contributed by atoms with E-state index < -0.39 is 6.10 Å². The highest BCUT2D eigenvalue weighted by atomic mass is 16.5. The Kier molecular flexibility index (Phi) is 5.88. The maximum absolute atomic E-state index is 12.5. The number of benzene rings is 2. The van der Waals surface area contributed by atoms with Crippen LogP contribution in [0.4, 0.5) is 5.69 Å². The molecule has 1 amide bonds. The molecule has 1 saturated heterocycles. The molecule has 0 spiro atoms. The lowest BCUT2D eigenvalue weighted by molar-refractivity contribution is -0.131. The minimum absolute atomic E-state index is 0.175. The van der Waals surface area contributed by atoms with Gasteiger partial charge in [0.1, 0.15) is 0 Å². The Labute approximate surface area is 154 Å². The fourth-order valence-corrected chi connectivity index (χ4v) is 3.21. The van der Waals surface area contributed by atoms with E-state index in [2.05, 4.69) is 28.4 Å². The van der Waals surface area contributed by atoms with Crippen LogP contribution in [-0.4, -0.2) is 26.1 Å². The molecule has 0 aliphatic carbocycles. The smallest absolute Gasteiger partial charge is 0.254 e. The van der Waals surface area contributed by atoms with E-state index in [0.29, 0.717) is 12.1 Å². The Balaban J connectivity index is 1.61. The highest BCUT2D eigenvalue weighted by Gasteiger charge is 2.20. The van der Waals surface area contributed by atoms with Crippen molar-refractivity contribution in [2.75, 3.05) is 25.1 Å². The molecule has 0 unspecified atom stereocenters. The highest BCUT2D eigenvalue weighted by molar-refractivity contribution is 5.82. The Morgan fingerprint density at radius 3 is 2.38 bits per heavy atom. The number of anilines is 1. The van der Waals surface area contributed by atoms with Crippen LogP contribution in [-0.2, 0) is 16.1 Å². The summed E-state index contributed by atoms with van der Waals surface area (Å²) in [7, 11) is 1.54. The maximum atomic E-state index is 12.5. The quantitative estimate of drug-likeness (QED) is 0.870. The molecule has 5 nitrogen and oxygen atoms in total. The Bertz CT molecular complexity index is 772. The summed E-state index contributed by atoms with van der Waals surface area (Å²) in [4.78, 5) is 14.9. The predicted octanol–water partition coefficient (Wildman–Crippen LogP) is 3.16. The molecule has 0 saturated carbocycles. The van der Waals surface area contributed by atoms with Gasteiger partial charge in [0.15, 0.2) is 6.10 Å². The van der Waals surface area contributed by atoms with Crippen molar-refractivity contribution < 1.29 is 9.53 Å². The van der Waals surface area contributed by atoms with Gasteiger partial charge >= 0.3 is 0 Å². The molecular weight excluding hydrogens is 326 g/mol. The lowest BCUT2D eigenvalue weighted by Crippen LogP contribution is -2.30. The van der Waals surface area contributed by atoms with Gasteiger partial charge in [-0.2, -0.15) is 5.26 Å². The summed E-state index contributed by atoms with van der Waals surface area (Å²) in [6, 6.07) is 17.3. The molecule has 26 heavy (non-hydrogen) atoms. The van der Waals surface area contributed by atoms with Gasteiger partial charge in [0.25, 0.3) is 5.91 Å². The summed E-state index contributed by atoms with van der Waals surface area (Å²) in [5.41, 5.74) is 3.58. The molecule has 134 valence electrons. The first kappa shape index (κ1) is 18.0. The van der Waals surface area contributed by atoms with Crippen molar-refractivity contribution in [2.24, 2.45) is 0 Å². The van der Waals surface area contributed by atoms with Crippen molar-refractivity contribution in [1.29, 1.82) is 5.26 Å². The number of nitrogens with zero attached hydrogens (tertiary/aromatic N) is 2. The van der Waals surface area contributed by atoms with Crippen molar-refractivity contribution >= 4 is 11.6 Å². The van der Waals surface area contributed by atoms with Crippen LogP contribution >= 0.6 is 0 Å². The number of rotatable bonds is 6. The zero-order valence-electron chi connectivity index (χ0n) is 14.9. The fraction of sp³-hybridized carbons (Fsp3) is 0.333. The third-order valence-corrected chi connectivity index (χ3v) is 4.69. The molecule has 1 N–H and O–H groups in total. The molecular formula is C21H23N3O2. The summed E-state index contributed by atoms with van der Waals surface area (Å²) in [5, 5.41) is 11.7. The number of hydrogen-bond donors (Lipinski definition) is 1. The van der Waals surface area contributed by atoms with Gasteiger partial charge in [0.2, 0.25) is 0 Å². The van der Waals surface area contributed by atoms with Crippen LogP contribution in [0, 0.1) is 11.3 Å². The van der Waals surface area contributed by atoms with E-state index >= 15 is 0 Å². The highest BCUT2D eigenvalue weighted by Crippen LogP contribution is 2.24. The summed E-state index contributed by atoms with van der Waals surface area (Å²) in [6.07, 6.45) is 1.83. The van der Waals surface area contributed by atoms with Crippen molar-refractivity contribution in [3.05, 3.63) is 65.2 Å². The van der Waals surface area contributed by atoms with Gasteiger partial charge < -0.3 is 15.0 Å². The van der Waals surface area contributed by atoms with Gasteiger partial charge in [-0.15, -0.1) is 0 Å². The third-order valence-electron chi connectivity index (χ3n) is 4.69. The first-order valence-electron chi connectivity index (χ1n) is 8.85. The van der Waals surface area contributed by atoms with Crippen molar-refractivity contribution in [1.82, 2.24) is 5.32 Å². The maximum Gasteiger partial charge on any atom is 0.254 e. The summed E-state index contributed by atoms with van der Waals surface area (Å²) in [6.45, 7) is 2.59. The second-order valence-corrected chi connectivity index (χ2v) is 6.43. The molecule has 1 aliphatic rings. The molecule has 0 bridgehead atoms. The predicted molar refractivity (Wildman–Crippen MR) is 101 cm³/mol. The van der Waals surface area contributed by atoms with E-state index in [4.69, 9.17) is 10.00 Å². The minimum atomic E-state index is -0.638.